The molecule has 0 saturated heterocycles. The van der Waals surface area contributed by atoms with Gasteiger partial charge in [-0.15, -0.1) is 0 Å². The van der Waals surface area contributed by atoms with Crippen molar-refractivity contribution in [2.24, 2.45) is 4.99 Å². The van der Waals surface area contributed by atoms with E-state index in [2.05, 4.69) is 22.2 Å². The van der Waals surface area contributed by atoms with Crippen LogP contribution >= 0.6 is 11.6 Å². The summed E-state index contributed by atoms with van der Waals surface area (Å²) in [5, 5.41) is 17.3. The molecule has 2 aromatic carbocycles. The Kier molecular flexibility index (Phi) is 5.56. The van der Waals surface area contributed by atoms with E-state index in [4.69, 9.17) is 11.6 Å². The molecular weight excluding hydrogens is 380 g/mol. The first-order valence-electron chi connectivity index (χ1n) is 8.39. The van der Waals surface area contributed by atoms with Crippen LogP contribution in [0.1, 0.15) is 18.9 Å². The van der Waals surface area contributed by atoms with Gasteiger partial charge in [0.05, 0.1) is 22.7 Å². The Bertz CT molecular complexity index is 1040. The van der Waals surface area contributed by atoms with Crippen molar-refractivity contribution >= 4 is 46.1 Å². The predicted octanol–water partition coefficient (Wildman–Crippen LogP) is 5.02. The molecule has 142 valence electrons. The Morgan fingerprint density at radius 1 is 1.36 bits per heavy atom. The summed E-state index contributed by atoms with van der Waals surface area (Å²) in [4.78, 5) is 27.3. The lowest BCUT2D eigenvalue weighted by Crippen LogP contribution is -2.10. The van der Waals surface area contributed by atoms with Gasteiger partial charge in [0.1, 0.15) is 5.84 Å². The fraction of sp³-hybridized carbons (Fsp3) is 0.100. The van der Waals surface area contributed by atoms with Crippen LogP contribution in [0.3, 0.4) is 0 Å². The number of carbonyl (C=O) groups excluding carboxylic acids is 1. The topological polar surface area (TPSA) is 96.6 Å². The zero-order valence-corrected chi connectivity index (χ0v) is 15.8. The molecule has 0 spiro atoms. The predicted molar refractivity (Wildman–Crippen MR) is 112 cm³/mol. The van der Waals surface area contributed by atoms with E-state index >= 15 is 0 Å². The van der Waals surface area contributed by atoms with Crippen molar-refractivity contribution in [2.45, 2.75) is 13.3 Å². The van der Waals surface area contributed by atoms with E-state index in [-0.39, 0.29) is 18.0 Å². The van der Waals surface area contributed by atoms with Gasteiger partial charge in [0.15, 0.2) is 0 Å². The number of nitro benzene ring substituents is 1. The van der Waals surface area contributed by atoms with Crippen LogP contribution in [0.4, 0.5) is 17.1 Å². The maximum absolute atomic E-state index is 12.2. The van der Waals surface area contributed by atoms with Gasteiger partial charge in [-0.3, -0.25) is 14.9 Å². The minimum absolute atomic E-state index is 0.0203. The number of rotatable bonds is 4. The molecule has 0 radical (unpaired) electrons. The fourth-order valence-electron chi connectivity index (χ4n) is 2.85. The van der Waals surface area contributed by atoms with Crippen molar-refractivity contribution in [3.8, 4) is 0 Å². The number of fused-ring (bicyclic) bond motifs is 1. The Labute approximate surface area is 166 Å². The molecule has 2 N–H and O–H groups in total. The van der Waals surface area contributed by atoms with Gasteiger partial charge in [0.2, 0.25) is 5.91 Å². The maximum atomic E-state index is 12.2. The molecule has 0 aliphatic carbocycles. The number of allylic oxidation sites excluding steroid dienone is 1. The Balaban J connectivity index is 2.02. The van der Waals surface area contributed by atoms with Crippen LogP contribution in [0.2, 0.25) is 5.02 Å². The second kappa shape index (κ2) is 8.06. The van der Waals surface area contributed by atoms with Crippen LogP contribution in [0, 0.1) is 10.1 Å². The van der Waals surface area contributed by atoms with E-state index in [1.807, 2.05) is 0 Å². The number of hydrogen-bond donors (Lipinski definition) is 2. The van der Waals surface area contributed by atoms with Gasteiger partial charge in [0, 0.05) is 28.4 Å². The monoisotopic (exact) mass is 396 g/mol. The molecule has 2 aromatic rings. The lowest BCUT2D eigenvalue weighted by molar-refractivity contribution is -0.384. The highest BCUT2D eigenvalue weighted by Crippen LogP contribution is 2.34. The zero-order valence-electron chi connectivity index (χ0n) is 15.0. The van der Waals surface area contributed by atoms with Crippen molar-refractivity contribution in [3.05, 3.63) is 81.4 Å². The third-order valence-corrected chi connectivity index (χ3v) is 4.31. The lowest BCUT2D eigenvalue weighted by Gasteiger charge is -2.12. The van der Waals surface area contributed by atoms with Gasteiger partial charge >= 0.3 is 0 Å². The first-order valence-corrected chi connectivity index (χ1v) is 8.77. The standard InChI is InChI=1S/C20H17ClN4O3/c1-3-13-9-19(26)24-18-10-14(21)7-8-17(18)20(13)23-12(2)22-15-5-4-6-16(11-15)25(27)28/h3-8,10-11H,1,9H2,2H3,(H,22,23)(H,24,26). The SMILES string of the molecule is C=CC1=C(N=C(C)Nc2cccc([N+](=O)[O-])c2)c2ccc(Cl)cc2NC(=O)C1. The highest BCUT2D eigenvalue weighted by Gasteiger charge is 2.20. The van der Waals surface area contributed by atoms with Gasteiger partial charge in [-0.1, -0.05) is 30.3 Å². The fourth-order valence-corrected chi connectivity index (χ4v) is 3.03. The largest absolute Gasteiger partial charge is 0.344 e. The number of non-ortho nitro benzene ring substituents is 1. The third kappa shape index (κ3) is 4.27. The van der Waals surface area contributed by atoms with Crippen molar-refractivity contribution < 1.29 is 9.72 Å². The summed E-state index contributed by atoms with van der Waals surface area (Å²) in [6.45, 7) is 5.53. The number of nitrogens with zero attached hydrogens (tertiary/aromatic N) is 2. The molecule has 1 heterocycles. The number of benzene rings is 2. The Morgan fingerprint density at radius 3 is 2.86 bits per heavy atom. The molecule has 1 aliphatic rings. The van der Waals surface area contributed by atoms with E-state index in [1.165, 1.54) is 12.1 Å². The molecule has 1 aliphatic heterocycles. The van der Waals surface area contributed by atoms with Crippen LogP contribution in [-0.2, 0) is 4.79 Å². The van der Waals surface area contributed by atoms with Gasteiger partial charge in [-0.25, -0.2) is 4.99 Å². The van der Waals surface area contributed by atoms with Crippen molar-refractivity contribution in [3.63, 3.8) is 0 Å². The Hall–Kier alpha value is -3.45. The smallest absolute Gasteiger partial charge is 0.271 e. The molecule has 1 amide bonds. The Morgan fingerprint density at radius 2 is 2.14 bits per heavy atom. The van der Waals surface area contributed by atoms with Gasteiger partial charge in [-0.05, 0) is 36.8 Å². The summed E-state index contributed by atoms with van der Waals surface area (Å²) in [7, 11) is 0. The number of amidine groups is 1. The highest BCUT2D eigenvalue weighted by molar-refractivity contribution is 6.31. The lowest BCUT2D eigenvalue weighted by atomic mass is 10.0. The molecular formula is C20H17ClN4O3. The number of hydrogen-bond acceptors (Lipinski definition) is 4. The van der Waals surface area contributed by atoms with Crippen LogP contribution < -0.4 is 10.6 Å². The quantitative estimate of drug-likeness (QED) is 0.328. The summed E-state index contributed by atoms with van der Waals surface area (Å²) in [6, 6.07) is 11.3. The van der Waals surface area contributed by atoms with Crippen molar-refractivity contribution in [1.82, 2.24) is 0 Å². The molecule has 0 unspecified atom stereocenters. The number of carbonyl (C=O) groups is 1. The second-order valence-electron chi connectivity index (χ2n) is 6.12. The molecule has 0 fully saturated rings. The maximum Gasteiger partial charge on any atom is 0.271 e. The highest BCUT2D eigenvalue weighted by atomic mass is 35.5. The first-order chi connectivity index (χ1) is 13.4. The molecule has 28 heavy (non-hydrogen) atoms. The summed E-state index contributed by atoms with van der Waals surface area (Å²) in [5.74, 6) is 0.318. The van der Waals surface area contributed by atoms with Crippen LogP contribution in [-0.4, -0.2) is 16.7 Å². The number of nitro groups is 1. The number of amides is 1. The molecule has 0 aromatic heterocycles. The van der Waals surface area contributed by atoms with Crippen molar-refractivity contribution in [2.75, 3.05) is 10.6 Å². The average Bonchev–Trinajstić information content (AvgIpc) is 2.77. The van der Waals surface area contributed by atoms with Crippen LogP contribution in [0.5, 0.6) is 0 Å². The van der Waals surface area contributed by atoms with E-state index in [9.17, 15) is 14.9 Å². The van der Waals surface area contributed by atoms with E-state index in [0.717, 1.165) is 0 Å². The summed E-state index contributed by atoms with van der Waals surface area (Å²) in [5.41, 5.74) is 3.04. The van der Waals surface area contributed by atoms with Gasteiger partial charge in [-0.2, -0.15) is 0 Å². The van der Waals surface area contributed by atoms with Crippen LogP contribution in [0.25, 0.3) is 5.70 Å². The molecule has 8 heteroatoms. The van der Waals surface area contributed by atoms with E-state index in [1.54, 1.807) is 43.3 Å². The molecule has 0 saturated carbocycles. The van der Waals surface area contributed by atoms with Crippen LogP contribution in [0.15, 0.2) is 65.7 Å². The molecule has 0 atom stereocenters. The first kappa shape index (κ1) is 19.3. The molecule has 3 rings (SSSR count). The normalized spacial score (nSPS) is 14.1. The van der Waals surface area contributed by atoms with E-state index < -0.39 is 4.92 Å². The molecule has 0 bridgehead atoms. The zero-order chi connectivity index (χ0) is 20.3. The number of aliphatic imine (C=N–C) groups is 1. The average molecular weight is 397 g/mol. The second-order valence-corrected chi connectivity index (χ2v) is 6.56. The minimum Gasteiger partial charge on any atom is -0.344 e. The van der Waals surface area contributed by atoms with Crippen molar-refractivity contribution in [1.29, 1.82) is 0 Å². The number of anilines is 2. The summed E-state index contributed by atoms with van der Waals surface area (Å²) >= 11 is 6.06. The van der Waals surface area contributed by atoms with Gasteiger partial charge in [0.25, 0.3) is 5.69 Å². The summed E-state index contributed by atoms with van der Waals surface area (Å²) < 4.78 is 0. The third-order valence-electron chi connectivity index (χ3n) is 4.07. The summed E-state index contributed by atoms with van der Waals surface area (Å²) in [6.07, 6.45) is 1.72. The minimum atomic E-state index is -0.460. The number of nitrogens with one attached hydrogen (secondary N) is 2. The van der Waals surface area contributed by atoms with E-state index in [0.29, 0.717) is 39.1 Å². The number of halogens is 1. The molecule has 7 nitrogen and oxygen atoms in total. The van der Waals surface area contributed by atoms with Gasteiger partial charge < -0.3 is 10.6 Å².